The first-order chi connectivity index (χ1) is 15.3. The van der Waals surface area contributed by atoms with Crippen molar-refractivity contribution in [3.8, 4) is 5.69 Å². The lowest BCUT2D eigenvalue weighted by atomic mass is 10.2. The molecule has 0 aliphatic carbocycles. The molecule has 3 aromatic rings. The Morgan fingerprint density at radius 2 is 1.85 bits per heavy atom. The third-order valence-corrected chi connectivity index (χ3v) is 4.81. The van der Waals surface area contributed by atoms with Gasteiger partial charge in [0.25, 0.3) is 5.56 Å². The summed E-state index contributed by atoms with van der Waals surface area (Å²) in [6.07, 6.45) is -7.01. The quantitative estimate of drug-likeness (QED) is 0.462. The molecular weight excluding hydrogens is 475 g/mol. The number of carbonyl (C=O) groups is 1. The average molecular weight is 491 g/mol. The van der Waals surface area contributed by atoms with Gasteiger partial charge >= 0.3 is 18.1 Å². The number of alkyl halides is 5. The number of aromatic nitrogens is 2. The third-order valence-electron chi connectivity index (χ3n) is 4.49. The predicted octanol–water partition coefficient (Wildman–Crippen LogP) is 4.41. The normalized spacial score (nSPS) is 13.1. The highest BCUT2D eigenvalue weighted by molar-refractivity contribution is 6.35. The third kappa shape index (κ3) is 5.06. The van der Waals surface area contributed by atoms with Crippen LogP contribution in [0.3, 0.4) is 0 Å². The Labute approximate surface area is 187 Å². The van der Waals surface area contributed by atoms with E-state index in [-0.39, 0.29) is 33.1 Å². The topological polar surface area (TPSA) is 96.2 Å². The molecule has 33 heavy (non-hydrogen) atoms. The Hall–Kier alpha value is -3.25. The molecule has 0 radical (unpaired) electrons. The first kappa shape index (κ1) is 24.4. The van der Waals surface area contributed by atoms with Gasteiger partial charge in [0.05, 0.1) is 28.2 Å². The van der Waals surface area contributed by atoms with Gasteiger partial charge < -0.3 is 15.7 Å². The van der Waals surface area contributed by atoms with Crippen molar-refractivity contribution in [1.82, 2.24) is 14.9 Å². The van der Waals surface area contributed by atoms with Crippen molar-refractivity contribution in [2.45, 2.75) is 25.1 Å². The number of hydrogen-bond acceptors (Lipinski definition) is 4. The van der Waals surface area contributed by atoms with E-state index in [1.807, 2.05) is 0 Å². The second-order valence-corrected chi connectivity index (χ2v) is 7.39. The van der Waals surface area contributed by atoms with Crippen molar-refractivity contribution in [1.29, 1.82) is 0 Å². The van der Waals surface area contributed by atoms with Crippen LogP contribution in [0.5, 0.6) is 0 Å². The Bertz CT molecular complexity index is 1260. The molecule has 0 bridgehead atoms. The van der Waals surface area contributed by atoms with Crippen LogP contribution in [-0.2, 0) is 0 Å². The van der Waals surface area contributed by atoms with Crippen LogP contribution in [0.25, 0.3) is 16.6 Å². The maximum absolute atomic E-state index is 13.2. The van der Waals surface area contributed by atoms with Gasteiger partial charge in [-0.15, -0.1) is 0 Å². The summed E-state index contributed by atoms with van der Waals surface area (Å²) in [4.78, 5) is 29.3. The molecule has 0 fully saturated rings. The van der Waals surface area contributed by atoms with Crippen LogP contribution >= 0.6 is 11.6 Å². The van der Waals surface area contributed by atoms with Gasteiger partial charge in [0, 0.05) is 5.69 Å². The average Bonchev–Trinajstić information content (AvgIpc) is 2.71. The van der Waals surface area contributed by atoms with Crippen LogP contribution in [-0.4, -0.2) is 39.3 Å². The van der Waals surface area contributed by atoms with E-state index in [2.05, 4.69) is 10.3 Å². The zero-order valence-corrected chi connectivity index (χ0v) is 17.5. The number of rotatable bonds is 5. The van der Waals surface area contributed by atoms with Crippen LogP contribution < -0.4 is 16.2 Å². The summed E-state index contributed by atoms with van der Waals surface area (Å²) in [6.45, 7) is -0.578. The van der Waals surface area contributed by atoms with Gasteiger partial charge in [0.2, 0.25) is 0 Å². The fraction of sp³-hybridized carbons (Fsp3) is 0.250. The fourth-order valence-corrected chi connectivity index (χ4v) is 3.18. The Morgan fingerprint density at radius 3 is 2.48 bits per heavy atom. The van der Waals surface area contributed by atoms with Gasteiger partial charge in [-0.25, -0.2) is 9.78 Å². The summed E-state index contributed by atoms with van der Waals surface area (Å²) in [7, 11) is 0. The number of anilines is 1. The molecule has 0 unspecified atom stereocenters. The van der Waals surface area contributed by atoms with Crippen LogP contribution in [0, 0.1) is 0 Å². The van der Waals surface area contributed by atoms with E-state index < -0.39 is 36.3 Å². The molecule has 7 nitrogen and oxygen atoms in total. The SMILES string of the molecule is C[C@H](O)c1nc2cccc(Cl)c2c(=O)n1-c1cccc(NC(=O)NCC(F)(F)C(F)(F)F)c1. The van der Waals surface area contributed by atoms with Crippen LogP contribution in [0.15, 0.2) is 47.3 Å². The van der Waals surface area contributed by atoms with Gasteiger partial charge in [-0.1, -0.05) is 23.7 Å². The highest BCUT2D eigenvalue weighted by Gasteiger charge is 2.57. The van der Waals surface area contributed by atoms with Gasteiger partial charge in [-0.2, -0.15) is 22.0 Å². The maximum Gasteiger partial charge on any atom is 0.455 e. The predicted molar refractivity (Wildman–Crippen MR) is 111 cm³/mol. The van der Waals surface area contributed by atoms with Crippen LogP contribution in [0.2, 0.25) is 5.02 Å². The Kier molecular flexibility index (Phi) is 6.61. The number of fused-ring (bicyclic) bond motifs is 1. The molecule has 1 heterocycles. The molecule has 0 saturated heterocycles. The summed E-state index contributed by atoms with van der Waals surface area (Å²) in [6, 6.07) is 8.69. The smallest absolute Gasteiger partial charge is 0.385 e. The lowest BCUT2D eigenvalue weighted by Crippen LogP contribution is -2.47. The Balaban J connectivity index is 1.95. The second kappa shape index (κ2) is 8.94. The minimum atomic E-state index is -5.82. The van der Waals surface area contributed by atoms with Crippen molar-refractivity contribution in [2.75, 3.05) is 11.9 Å². The molecule has 0 spiro atoms. The highest BCUT2D eigenvalue weighted by Crippen LogP contribution is 2.34. The molecule has 176 valence electrons. The zero-order chi connectivity index (χ0) is 24.6. The van der Waals surface area contributed by atoms with Crippen molar-refractivity contribution >= 4 is 34.2 Å². The van der Waals surface area contributed by atoms with Crippen LogP contribution in [0.4, 0.5) is 32.4 Å². The van der Waals surface area contributed by atoms with Gasteiger partial charge in [0.15, 0.2) is 0 Å². The van der Waals surface area contributed by atoms with Gasteiger partial charge in [-0.3, -0.25) is 9.36 Å². The monoisotopic (exact) mass is 490 g/mol. The molecule has 0 aliphatic rings. The lowest BCUT2D eigenvalue weighted by Gasteiger charge is -2.20. The minimum absolute atomic E-state index is 0.0250. The molecular formula is C20H16ClF5N4O3. The summed E-state index contributed by atoms with van der Waals surface area (Å²) >= 11 is 6.13. The van der Waals surface area contributed by atoms with Crippen molar-refractivity contribution in [3.63, 3.8) is 0 Å². The number of amides is 2. The number of urea groups is 1. The van der Waals surface area contributed by atoms with E-state index in [9.17, 15) is 36.6 Å². The molecule has 0 saturated carbocycles. The van der Waals surface area contributed by atoms with E-state index in [4.69, 9.17) is 11.6 Å². The summed E-state index contributed by atoms with van der Waals surface area (Å²) in [5, 5.41) is 13.9. The maximum atomic E-state index is 13.2. The first-order valence-corrected chi connectivity index (χ1v) is 9.68. The summed E-state index contributed by atoms with van der Waals surface area (Å²) < 4.78 is 63.8. The van der Waals surface area contributed by atoms with Crippen molar-refractivity contribution in [3.05, 3.63) is 63.7 Å². The van der Waals surface area contributed by atoms with E-state index in [1.165, 1.54) is 48.6 Å². The number of carbonyl (C=O) groups excluding carboxylic acids is 1. The molecule has 0 aliphatic heterocycles. The number of nitrogens with zero attached hydrogens (tertiary/aromatic N) is 2. The van der Waals surface area contributed by atoms with Crippen molar-refractivity contribution < 1.29 is 31.9 Å². The fourth-order valence-electron chi connectivity index (χ4n) is 2.93. The summed E-state index contributed by atoms with van der Waals surface area (Å²) in [5.74, 6) is -5.15. The number of benzene rings is 2. The minimum Gasteiger partial charge on any atom is -0.385 e. The molecule has 1 aromatic heterocycles. The van der Waals surface area contributed by atoms with Crippen molar-refractivity contribution in [2.24, 2.45) is 0 Å². The van der Waals surface area contributed by atoms with E-state index in [1.54, 1.807) is 6.07 Å². The highest BCUT2D eigenvalue weighted by atomic mass is 35.5. The summed E-state index contributed by atoms with van der Waals surface area (Å²) in [5.41, 5.74) is -0.265. The number of hydrogen-bond donors (Lipinski definition) is 3. The molecule has 3 N–H and O–H groups in total. The number of aliphatic hydroxyl groups is 1. The lowest BCUT2D eigenvalue weighted by molar-refractivity contribution is -0.278. The number of aliphatic hydroxyl groups excluding tert-OH is 1. The van der Waals surface area contributed by atoms with Gasteiger partial charge in [0.1, 0.15) is 11.9 Å². The molecule has 1 atom stereocenters. The Morgan fingerprint density at radius 1 is 1.18 bits per heavy atom. The molecule has 2 aromatic carbocycles. The first-order valence-electron chi connectivity index (χ1n) is 9.31. The van der Waals surface area contributed by atoms with E-state index in [0.717, 1.165) is 4.57 Å². The second-order valence-electron chi connectivity index (χ2n) is 6.98. The molecule has 2 amide bonds. The largest absolute Gasteiger partial charge is 0.455 e. The van der Waals surface area contributed by atoms with E-state index in [0.29, 0.717) is 0 Å². The van der Waals surface area contributed by atoms with Crippen LogP contribution in [0.1, 0.15) is 18.9 Å². The van der Waals surface area contributed by atoms with E-state index >= 15 is 0 Å². The number of nitrogens with one attached hydrogen (secondary N) is 2. The molecule has 13 heteroatoms. The molecule has 3 rings (SSSR count). The van der Waals surface area contributed by atoms with Gasteiger partial charge in [-0.05, 0) is 37.3 Å². The number of halogens is 6. The zero-order valence-electron chi connectivity index (χ0n) is 16.8. The standard InChI is InChI=1S/C20H16ClF5N4O3/c1-10(31)16-29-14-7-3-6-13(21)15(14)17(32)30(16)12-5-2-4-11(8-12)28-18(33)27-9-19(22,23)20(24,25)26/h2-8,10,31H,9H2,1H3,(H2,27,28,33)/t10-/m0/s1.